The van der Waals surface area contributed by atoms with Crippen molar-refractivity contribution in [1.82, 2.24) is 5.32 Å². The monoisotopic (exact) mass is 362 g/mol. The quantitative estimate of drug-likeness (QED) is 0.695. The molecular formula is C23H26N2O2. The molecule has 0 bridgehead atoms. The second kappa shape index (κ2) is 9.80. The standard InChI is InChI=1S/C23H26N2O2/c1-2-14-27-22-13-6-5-11-20(22)17-24-16-18-8-7-12-21(15-18)25-23(26)19-9-3-4-10-19/h1,5-8,11-13,15,19,24H,3-4,9-10,14,16-17H2,(H,25,26). The summed E-state index contributed by atoms with van der Waals surface area (Å²) in [5.74, 6) is 3.62. The van der Waals surface area contributed by atoms with Gasteiger partial charge in [0.25, 0.3) is 0 Å². The van der Waals surface area contributed by atoms with Gasteiger partial charge in [0.15, 0.2) is 0 Å². The van der Waals surface area contributed by atoms with Crippen LogP contribution in [0.25, 0.3) is 0 Å². The molecule has 0 saturated heterocycles. The zero-order valence-electron chi connectivity index (χ0n) is 15.5. The molecule has 1 fully saturated rings. The molecule has 0 spiro atoms. The van der Waals surface area contributed by atoms with E-state index in [-0.39, 0.29) is 18.4 Å². The maximum Gasteiger partial charge on any atom is 0.227 e. The number of rotatable bonds is 8. The molecule has 1 amide bonds. The normalized spacial score (nSPS) is 13.9. The van der Waals surface area contributed by atoms with Crippen LogP contribution >= 0.6 is 0 Å². The Morgan fingerprint density at radius 2 is 1.93 bits per heavy atom. The summed E-state index contributed by atoms with van der Waals surface area (Å²) in [6.07, 6.45) is 9.61. The number of anilines is 1. The zero-order chi connectivity index (χ0) is 18.9. The first-order chi connectivity index (χ1) is 13.3. The number of carbonyl (C=O) groups is 1. The molecule has 0 unspecified atom stereocenters. The molecule has 1 aliphatic carbocycles. The van der Waals surface area contributed by atoms with Crippen molar-refractivity contribution < 1.29 is 9.53 Å². The third-order valence-electron chi connectivity index (χ3n) is 4.85. The summed E-state index contributed by atoms with van der Waals surface area (Å²) in [5, 5.41) is 6.49. The zero-order valence-corrected chi connectivity index (χ0v) is 15.5. The van der Waals surface area contributed by atoms with Crippen molar-refractivity contribution in [2.75, 3.05) is 11.9 Å². The van der Waals surface area contributed by atoms with Crippen LogP contribution in [0.2, 0.25) is 0 Å². The van der Waals surface area contributed by atoms with Gasteiger partial charge in [-0.3, -0.25) is 4.79 Å². The van der Waals surface area contributed by atoms with E-state index in [1.165, 1.54) is 0 Å². The Kier molecular flexibility index (Phi) is 6.90. The molecule has 4 nitrogen and oxygen atoms in total. The lowest BCUT2D eigenvalue weighted by Crippen LogP contribution is -2.20. The van der Waals surface area contributed by atoms with Crippen molar-refractivity contribution >= 4 is 11.6 Å². The first-order valence-corrected chi connectivity index (χ1v) is 9.51. The second-order valence-corrected chi connectivity index (χ2v) is 6.88. The van der Waals surface area contributed by atoms with Crippen molar-refractivity contribution in [2.45, 2.75) is 38.8 Å². The molecule has 0 radical (unpaired) electrons. The number of para-hydroxylation sites is 1. The molecule has 2 N–H and O–H groups in total. The Bertz CT molecular complexity index is 804. The first-order valence-electron chi connectivity index (χ1n) is 9.51. The van der Waals surface area contributed by atoms with Crippen LogP contribution < -0.4 is 15.4 Å². The highest BCUT2D eigenvalue weighted by Gasteiger charge is 2.22. The molecule has 0 atom stereocenters. The predicted octanol–water partition coefficient (Wildman–Crippen LogP) is 4.12. The summed E-state index contributed by atoms with van der Waals surface area (Å²) in [6, 6.07) is 15.9. The lowest BCUT2D eigenvalue weighted by molar-refractivity contribution is -0.119. The molecule has 0 aliphatic heterocycles. The van der Waals surface area contributed by atoms with Crippen molar-refractivity contribution in [3.05, 3.63) is 59.7 Å². The van der Waals surface area contributed by atoms with Crippen molar-refractivity contribution in [1.29, 1.82) is 0 Å². The van der Waals surface area contributed by atoms with Crippen LogP contribution in [0.15, 0.2) is 48.5 Å². The molecule has 4 heteroatoms. The summed E-state index contributed by atoms with van der Waals surface area (Å²) < 4.78 is 5.58. The Morgan fingerprint density at radius 3 is 2.74 bits per heavy atom. The number of amides is 1. The number of nitrogens with one attached hydrogen (secondary N) is 2. The molecule has 2 aromatic carbocycles. The van der Waals surface area contributed by atoms with Crippen LogP contribution in [-0.4, -0.2) is 12.5 Å². The van der Waals surface area contributed by atoms with Crippen LogP contribution in [0.3, 0.4) is 0 Å². The second-order valence-electron chi connectivity index (χ2n) is 6.88. The van der Waals surface area contributed by atoms with Crippen LogP contribution in [0.1, 0.15) is 36.8 Å². The number of terminal acetylenes is 1. The SMILES string of the molecule is C#CCOc1ccccc1CNCc1cccc(NC(=O)C2CCCC2)c1. The number of hydrogen-bond donors (Lipinski definition) is 2. The van der Waals surface area contributed by atoms with E-state index in [4.69, 9.17) is 11.2 Å². The van der Waals surface area contributed by atoms with E-state index in [0.29, 0.717) is 13.1 Å². The van der Waals surface area contributed by atoms with E-state index >= 15 is 0 Å². The fourth-order valence-corrected chi connectivity index (χ4v) is 3.44. The van der Waals surface area contributed by atoms with Gasteiger partial charge in [-0.05, 0) is 36.6 Å². The van der Waals surface area contributed by atoms with E-state index in [9.17, 15) is 4.79 Å². The van der Waals surface area contributed by atoms with E-state index in [2.05, 4.69) is 22.6 Å². The average molecular weight is 362 g/mol. The summed E-state index contributed by atoms with van der Waals surface area (Å²) in [5.41, 5.74) is 3.06. The van der Waals surface area contributed by atoms with Crippen LogP contribution in [0.4, 0.5) is 5.69 Å². The van der Waals surface area contributed by atoms with Gasteiger partial charge in [0.1, 0.15) is 12.4 Å². The lowest BCUT2D eigenvalue weighted by Gasteiger charge is -2.13. The van der Waals surface area contributed by atoms with Gasteiger partial charge in [0.2, 0.25) is 5.91 Å². The lowest BCUT2D eigenvalue weighted by atomic mass is 10.1. The Balaban J connectivity index is 1.53. The molecule has 0 aromatic heterocycles. The summed E-state index contributed by atoms with van der Waals surface area (Å²) >= 11 is 0. The van der Waals surface area contributed by atoms with Crippen LogP contribution in [-0.2, 0) is 17.9 Å². The van der Waals surface area contributed by atoms with E-state index in [0.717, 1.165) is 48.2 Å². The molecule has 27 heavy (non-hydrogen) atoms. The minimum Gasteiger partial charge on any atom is -0.481 e. The predicted molar refractivity (Wildman–Crippen MR) is 108 cm³/mol. The fraction of sp³-hybridized carbons (Fsp3) is 0.348. The van der Waals surface area contributed by atoms with Gasteiger partial charge in [-0.25, -0.2) is 0 Å². The highest BCUT2D eigenvalue weighted by Crippen LogP contribution is 2.26. The third kappa shape index (κ3) is 5.60. The van der Waals surface area contributed by atoms with Crippen molar-refractivity contribution in [3.8, 4) is 18.1 Å². The number of ether oxygens (including phenoxy) is 1. The van der Waals surface area contributed by atoms with E-state index in [1.807, 2.05) is 42.5 Å². The highest BCUT2D eigenvalue weighted by molar-refractivity contribution is 5.92. The highest BCUT2D eigenvalue weighted by atomic mass is 16.5. The van der Waals surface area contributed by atoms with Gasteiger partial charge >= 0.3 is 0 Å². The van der Waals surface area contributed by atoms with E-state index in [1.54, 1.807) is 0 Å². The average Bonchev–Trinajstić information content (AvgIpc) is 3.22. The largest absolute Gasteiger partial charge is 0.481 e. The van der Waals surface area contributed by atoms with E-state index < -0.39 is 0 Å². The van der Waals surface area contributed by atoms with Gasteiger partial charge in [0, 0.05) is 30.3 Å². The molecule has 3 rings (SSSR count). The molecule has 140 valence electrons. The summed E-state index contributed by atoms with van der Waals surface area (Å²) in [6.45, 7) is 1.65. The molecule has 1 saturated carbocycles. The minimum atomic E-state index is 0.150. The molecule has 1 aliphatic rings. The van der Waals surface area contributed by atoms with Gasteiger partial charge in [-0.15, -0.1) is 6.42 Å². The number of benzene rings is 2. The van der Waals surface area contributed by atoms with Crippen molar-refractivity contribution in [2.24, 2.45) is 5.92 Å². The number of hydrogen-bond acceptors (Lipinski definition) is 3. The Hall–Kier alpha value is -2.77. The molecule has 2 aromatic rings. The third-order valence-corrected chi connectivity index (χ3v) is 4.85. The minimum absolute atomic E-state index is 0.150. The number of carbonyl (C=O) groups excluding carboxylic acids is 1. The smallest absolute Gasteiger partial charge is 0.227 e. The van der Waals surface area contributed by atoms with Crippen LogP contribution in [0, 0.1) is 18.3 Å². The topological polar surface area (TPSA) is 50.4 Å². The first kappa shape index (κ1) is 19.0. The Morgan fingerprint density at radius 1 is 1.11 bits per heavy atom. The van der Waals surface area contributed by atoms with Gasteiger partial charge < -0.3 is 15.4 Å². The molecular weight excluding hydrogens is 336 g/mol. The van der Waals surface area contributed by atoms with Gasteiger partial charge in [0.05, 0.1) is 0 Å². The fourth-order valence-electron chi connectivity index (χ4n) is 3.44. The maximum absolute atomic E-state index is 12.3. The molecule has 0 heterocycles. The van der Waals surface area contributed by atoms with Gasteiger partial charge in [-0.2, -0.15) is 0 Å². The summed E-state index contributed by atoms with van der Waals surface area (Å²) in [4.78, 5) is 12.3. The van der Waals surface area contributed by atoms with Gasteiger partial charge in [-0.1, -0.05) is 49.1 Å². The van der Waals surface area contributed by atoms with Crippen molar-refractivity contribution in [3.63, 3.8) is 0 Å². The summed E-state index contributed by atoms with van der Waals surface area (Å²) in [7, 11) is 0. The maximum atomic E-state index is 12.3. The Labute approximate surface area is 161 Å². The van der Waals surface area contributed by atoms with Crippen LogP contribution in [0.5, 0.6) is 5.75 Å².